The van der Waals surface area contributed by atoms with Crippen molar-refractivity contribution in [1.29, 1.82) is 0 Å². The number of aryl methyl sites for hydroxylation is 3. The Balaban J connectivity index is 1.81. The van der Waals surface area contributed by atoms with Crippen molar-refractivity contribution in [2.75, 3.05) is 5.32 Å². The van der Waals surface area contributed by atoms with E-state index in [1.807, 2.05) is 0 Å². The second kappa shape index (κ2) is 6.81. The number of nitrogens with zero attached hydrogens (tertiary/aromatic N) is 1. The second-order valence-electron chi connectivity index (χ2n) is 9.38. The van der Waals surface area contributed by atoms with Crippen LogP contribution in [0.25, 0.3) is 10.9 Å². The van der Waals surface area contributed by atoms with E-state index in [4.69, 9.17) is 0 Å². The first-order valence-corrected chi connectivity index (χ1v) is 10.3. The number of carbonyl (C=O) groups is 2. The minimum Gasteiger partial charge on any atom is -0.338 e. The normalized spacial score (nSPS) is 17.4. The van der Waals surface area contributed by atoms with Crippen LogP contribution in [-0.2, 0) is 24.2 Å². The molecule has 0 atom stereocenters. The van der Waals surface area contributed by atoms with Gasteiger partial charge in [-0.2, -0.15) is 0 Å². The van der Waals surface area contributed by atoms with Crippen molar-refractivity contribution < 1.29 is 9.59 Å². The van der Waals surface area contributed by atoms with Crippen LogP contribution in [0, 0.1) is 5.41 Å². The average Bonchev–Trinajstić information content (AvgIpc) is 2.85. The summed E-state index contributed by atoms with van der Waals surface area (Å²) < 4.78 is 2.28. The molecule has 2 aliphatic rings. The van der Waals surface area contributed by atoms with Gasteiger partial charge in [0.25, 0.3) is 0 Å². The topological polar surface area (TPSA) is 51.1 Å². The van der Waals surface area contributed by atoms with Gasteiger partial charge in [0.2, 0.25) is 5.91 Å². The molecular formula is C23H30N2O2. The second-order valence-corrected chi connectivity index (χ2v) is 9.38. The van der Waals surface area contributed by atoms with Gasteiger partial charge in [-0.15, -0.1) is 0 Å². The predicted molar refractivity (Wildman–Crippen MR) is 109 cm³/mol. The van der Waals surface area contributed by atoms with Crippen LogP contribution in [0.3, 0.4) is 0 Å². The number of carbonyl (C=O) groups excluding carboxylic acids is 2. The van der Waals surface area contributed by atoms with Gasteiger partial charge in [-0.05, 0) is 60.8 Å². The average molecular weight is 367 g/mol. The first kappa shape index (κ1) is 18.3. The minimum atomic E-state index is -0.0342. The van der Waals surface area contributed by atoms with E-state index in [0.717, 1.165) is 56.5 Å². The first-order valence-electron chi connectivity index (χ1n) is 10.3. The monoisotopic (exact) mass is 366 g/mol. The number of ketones is 1. The van der Waals surface area contributed by atoms with Gasteiger partial charge in [0, 0.05) is 30.5 Å². The minimum absolute atomic E-state index is 0.0342. The number of anilines is 1. The summed E-state index contributed by atoms with van der Waals surface area (Å²) in [6.07, 6.45) is 7.44. The van der Waals surface area contributed by atoms with Gasteiger partial charge >= 0.3 is 0 Å². The molecule has 0 radical (unpaired) electrons. The van der Waals surface area contributed by atoms with Crippen LogP contribution >= 0.6 is 0 Å². The third-order valence-electron chi connectivity index (χ3n) is 5.74. The van der Waals surface area contributed by atoms with Gasteiger partial charge < -0.3 is 9.88 Å². The molecule has 0 unspecified atom stereocenters. The van der Waals surface area contributed by atoms with Crippen LogP contribution in [0.2, 0.25) is 0 Å². The fourth-order valence-corrected chi connectivity index (χ4v) is 4.70. The number of nitrogens with one attached hydrogen (secondary N) is 1. The molecule has 4 rings (SSSR count). The Hall–Kier alpha value is -2.10. The van der Waals surface area contributed by atoms with Crippen LogP contribution in [0.4, 0.5) is 5.69 Å². The van der Waals surface area contributed by atoms with Gasteiger partial charge in [0.15, 0.2) is 5.78 Å². The molecule has 4 heteroatoms. The van der Waals surface area contributed by atoms with E-state index in [0.29, 0.717) is 18.6 Å². The molecular weight excluding hydrogens is 336 g/mol. The predicted octanol–water partition coefficient (Wildman–Crippen LogP) is 5.26. The van der Waals surface area contributed by atoms with Crippen LogP contribution in [0.15, 0.2) is 12.1 Å². The number of hydrogen-bond acceptors (Lipinski definition) is 2. The summed E-state index contributed by atoms with van der Waals surface area (Å²) in [5.74, 6) is 0.357. The fourth-order valence-electron chi connectivity index (χ4n) is 4.70. The first-order chi connectivity index (χ1) is 12.8. The quantitative estimate of drug-likeness (QED) is 0.788. The number of rotatable bonds is 2. The Morgan fingerprint density at radius 1 is 1.07 bits per heavy atom. The largest absolute Gasteiger partial charge is 0.338 e. The molecule has 2 heterocycles. The molecule has 1 aliphatic heterocycles. The SMILES string of the molecule is CC(C)(C)CC(=O)Nc1cc2c3c(c1)c1c(n3CCC2)C(=O)CCCCC1. The van der Waals surface area contributed by atoms with Crippen LogP contribution in [-0.4, -0.2) is 16.3 Å². The van der Waals surface area contributed by atoms with E-state index in [-0.39, 0.29) is 11.3 Å². The molecule has 1 N–H and O–H groups in total. The molecule has 144 valence electrons. The molecule has 4 nitrogen and oxygen atoms in total. The molecule has 1 aliphatic carbocycles. The van der Waals surface area contributed by atoms with Crippen LogP contribution in [0.1, 0.15) is 80.9 Å². The third kappa shape index (κ3) is 3.54. The summed E-state index contributed by atoms with van der Waals surface area (Å²) in [6, 6.07) is 4.23. The Morgan fingerprint density at radius 2 is 1.85 bits per heavy atom. The smallest absolute Gasteiger partial charge is 0.224 e. The van der Waals surface area contributed by atoms with Crippen molar-refractivity contribution in [2.45, 2.75) is 78.7 Å². The van der Waals surface area contributed by atoms with E-state index in [9.17, 15) is 9.59 Å². The van der Waals surface area contributed by atoms with Gasteiger partial charge in [0.1, 0.15) is 0 Å². The maximum Gasteiger partial charge on any atom is 0.224 e. The maximum atomic E-state index is 12.9. The standard InChI is InChI=1S/C23H30N2O2/c1-23(2,3)14-20(27)24-16-12-15-8-7-11-25-21(15)18(13-16)17-9-5-4-6-10-19(26)22(17)25/h12-13H,4-11,14H2,1-3H3,(H,24,27). The number of Topliss-reactive ketones (excluding diaryl/α,β-unsaturated/α-hetero) is 1. The van der Waals surface area contributed by atoms with Crippen LogP contribution < -0.4 is 5.32 Å². The lowest BCUT2D eigenvalue weighted by Crippen LogP contribution is -2.20. The lowest BCUT2D eigenvalue weighted by Gasteiger charge is -2.20. The Labute approximate surface area is 161 Å². The highest BCUT2D eigenvalue weighted by Gasteiger charge is 2.27. The zero-order valence-corrected chi connectivity index (χ0v) is 16.8. The molecule has 0 fully saturated rings. The summed E-state index contributed by atoms with van der Waals surface area (Å²) in [4.78, 5) is 25.3. The van der Waals surface area contributed by atoms with E-state index in [2.05, 4.69) is 42.8 Å². The summed E-state index contributed by atoms with van der Waals surface area (Å²) >= 11 is 0. The number of hydrogen-bond donors (Lipinski definition) is 1. The van der Waals surface area contributed by atoms with Crippen molar-refractivity contribution in [3.8, 4) is 0 Å². The highest BCUT2D eigenvalue weighted by molar-refractivity contribution is 6.05. The summed E-state index contributed by atoms with van der Waals surface area (Å²) in [7, 11) is 0. The molecule has 2 aromatic rings. The van der Waals surface area contributed by atoms with Gasteiger partial charge in [-0.1, -0.05) is 27.2 Å². The molecule has 0 saturated heterocycles. The van der Waals surface area contributed by atoms with Gasteiger partial charge in [0.05, 0.1) is 11.2 Å². The molecule has 1 amide bonds. The van der Waals surface area contributed by atoms with Crippen molar-refractivity contribution in [1.82, 2.24) is 4.57 Å². The van der Waals surface area contributed by atoms with Gasteiger partial charge in [-0.3, -0.25) is 9.59 Å². The molecule has 1 aromatic carbocycles. The number of aromatic nitrogens is 1. The van der Waals surface area contributed by atoms with Crippen molar-refractivity contribution in [2.24, 2.45) is 5.41 Å². The zero-order chi connectivity index (χ0) is 19.2. The van der Waals surface area contributed by atoms with E-state index < -0.39 is 0 Å². The lowest BCUT2D eigenvalue weighted by atomic mass is 9.92. The molecule has 0 saturated carbocycles. The molecule has 0 spiro atoms. The number of benzene rings is 1. The van der Waals surface area contributed by atoms with E-state index in [1.54, 1.807) is 0 Å². The van der Waals surface area contributed by atoms with E-state index in [1.165, 1.54) is 22.0 Å². The Kier molecular flexibility index (Phi) is 4.61. The van der Waals surface area contributed by atoms with Gasteiger partial charge in [-0.25, -0.2) is 0 Å². The highest BCUT2D eigenvalue weighted by Crippen LogP contribution is 2.38. The summed E-state index contributed by atoms with van der Waals surface area (Å²) in [6.45, 7) is 7.16. The number of fused-ring (bicyclic) bond motifs is 3. The lowest BCUT2D eigenvalue weighted by molar-refractivity contribution is -0.117. The Bertz CT molecular complexity index is 915. The summed E-state index contributed by atoms with van der Waals surface area (Å²) in [5.41, 5.74) is 5.50. The Morgan fingerprint density at radius 3 is 2.63 bits per heavy atom. The molecule has 1 aromatic heterocycles. The zero-order valence-electron chi connectivity index (χ0n) is 16.8. The van der Waals surface area contributed by atoms with Crippen molar-refractivity contribution in [3.63, 3.8) is 0 Å². The molecule has 0 bridgehead atoms. The molecule has 27 heavy (non-hydrogen) atoms. The number of amides is 1. The fraction of sp³-hybridized carbons (Fsp3) is 0.565. The van der Waals surface area contributed by atoms with Crippen molar-refractivity contribution >= 4 is 28.3 Å². The summed E-state index contributed by atoms with van der Waals surface area (Å²) in [5, 5.41) is 4.30. The van der Waals surface area contributed by atoms with Crippen LogP contribution in [0.5, 0.6) is 0 Å². The maximum absolute atomic E-state index is 12.9. The van der Waals surface area contributed by atoms with E-state index >= 15 is 0 Å². The van der Waals surface area contributed by atoms with Crippen molar-refractivity contribution in [3.05, 3.63) is 29.0 Å². The third-order valence-corrected chi connectivity index (χ3v) is 5.74. The highest BCUT2D eigenvalue weighted by atomic mass is 16.1.